The van der Waals surface area contributed by atoms with Crippen LogP contribution in [0.1, 0.15) is 96.6 Å². The van der Waals surface area contributed by atoms with Crippen LogP contribution in [0.4, 0.5) is 0 Å². The van der Waals surface area contributed by atoms with E-state index in [1.165, 1.54) is 19.3 Å². The smallest absolute Gasteiger partial charge is 0.330 e. The first-order chi connectivity index (χ1) is 18.0. The van der Waals surface area contributed by atoms with Crippen molar-refractivity contribution in [2.45, 2.75) is 83.1 Å². The summed E-state index contributed by atoms with van der Waals surface area (Å²) in [5, 5.41) is 14.5. The lowest BCUT2D eigenvalue weighted by Gasteiger charge is -2.26. The van der Waals surface area contributed by atoms with Crippen molar-refractivity contribution >= 4 is 22.6 Å². The van der Waals surface area contributed by atoms with E-state index in [1.807, 2.05) is 30.3 Å². The van der Waals surface area contributed by atoms with Gasteiger partial charge in [0, 0.05) is 5.69 Å². The number of carboxylic acid groups (broad SMARTS) is 1. The number of carboxylic acids is 1. The van der Waals surface area contributed by atoms with Crippen molar-refractivity contribution in [1.82, 2.24) is 10.3 Å². The molecule has 0 spiro atoms. The van der Waals surface area contributed by atoms with Crippen molar-refractivity contribution in [3.63, 3.8) is 0 Å². The van der Waals surface area contributed by atoms with E-state index in [9.17, 15) is 19.5 Å². The van der Waals surface area contributed by atoms with Crippen molar-refractivity contribution in [3.05, 3.63) is 80.8 Å². The predicted molar refractivity (Wildman–Crippen MR) is 145 cm³/mol. The molecule has 2 aromatic carbocycles. The molecule has 3 N–H and O–H groups in total. The molecule has 3 aromatic rings. The summed E-state index contributed by atoms with van der Waals surface area (Å²) in [6.45, 7) is 0. The second-order valence-corrected chi connectivity index (χ2v) is 10.7. The molecule has 1 unspecified atom stereocenters. The van der Waals surface area contributed by atoms with E-state index < -0.39 is 23.5 Å². The SMILES string of the molecule is O=C(NC(C(=O)O)c1cccc2ccccc12)c1c(CC2CCCCC2)c2c([nH]c1=O)CCCCCC2. The number of aliphatic carboxylic acids is 1. The zero-order valence-corrected chi connectivity index (χ0v) is 21.4. The standard InChI is InChI=1S/C31H36N2O4/c34-29-27(30(35)33-28(31(36)37)24-17-10-14-21-13-8-9-15-22(21)24)25(19-20-11-4-3-5-12-20)23-16-6-1-2-7-18-26(23)32-29/h8-10,13-15,17,20,28H,1-7,11-12,16,18-19H2,(H,32,34)(H,33,35)(H,36,37). The number of aryl methyl sites for hydroxylation is 1. The molecule has 1 heterocycles. The monoisotopic (exact) mass is 500 g/mol. The Balaban J connectivity index is 1.56. The highest BCUT2D eigenvalue weighted by atomic mass is 16.4. The average molecular weight is 501 g/mol. The molecule has 2 aliphatic rings. The van der Waals surface area contributed by atoms with Crippen LogP contribution >= 0.6 is 0 Å². The van der Waals surface area contributed by atoms with Crippen LogP contribution in [0, 0.1) is 5.92 Å². The molecular formula is C31H36N2O4. The van der Waals surface area contributed by atoms with Crippen molar-refractivity contribution in [3.8, 4) is 0 Å². The van der Waals surface area contributed by atoms with Gasteiger partial charge >= 0.3 is 5.97 Å². The van der Waals surface area contributed by atoms with E-state index in [0.717, 1.165) is 79.0 Å². The highest BCUT2D eigenvalue weighted by Crippen LogP contribution is 2.32. The average Bonchev–Trinajstić information content (AvgIpc) is 2.88. The van der Waals surface area contributed by atoms with Crippen LogP contribution in [-0.4, -0.2) is 22.0 Å². The van der Waals surface area contributed by atoms with Gasteiger partial charge in [-0.05, 0) is 65.5 Å². The predicted octanol–water partition coefficient (Wildman–Crippen LogP) is 5.87. The molecule has 1 saturated carbocycles. The number of hydrogen-bond donors (Lipinski definition) is 3. The molecule has 6 nitrogen and oxygen atoms in total. The van der Waals surface area contributed by atoms with Gasteiger partial charge in [-0.3, -0.25) is 9.59 Å². The summed E-state index contributed by atoms with van der Waals surface area (Å²) in [7, 11) is 0. The number of fused-ring (bicyclic) bond motifs is 2. The third-order valence-corrected chi connectivity index (χ3v) is 8.23. The van der Waals surface area contributed by atoms with Crippen molar-refractivity contribution in [1.29, 1.82) is 0 Å². The number of carbonyl (C=O) groups excluding carboxylic acids is 1. The summed E-state index contributed by atoms with van der Waals surface area (Å²) >= 11 is 0. The van der Waals surface area contributed by atoms with E-state index in [1.54, 1.807) is 12.1 Å². The lowest BCUT2D eigenvalue weighted by Crippen LogP contribution is -2.38. The maximum Gasteiger partial charge on any atom is 0.330 e. The topological polar surface area (TPSA) is 99.3 Å². The number of nitrogens with one attached hydrogen (secondary N) is 2. The number of H-pyrrole nitrogens is 1. The molecule has 5 rings (SSSR count). The minimum absolute atomic E-state index is 0.108. The van der Waals surface area contributed by atoms with Crippen LogP contribution in [0.5, 0.6) is 0 Å². The second kappa shape index (κ2) is 11.3. The van der Waals surface area contributed by atoms with Gasteiger partial charge in [0.25, 0.3) is 11.5 Å². The Morgan fingerprint density at radius 3 is 2.41 bits per heavy atom. The largest absolute Gasteiger partial charge is 0.479 e. The van der Waals surface area contributed by atoms with Crippen LogP contribution in [-0.2, 0) is 24.1 Å². The Labute approximate surface area is 217 Å². The highest BCUT2D eigenvalue weighted by Gasteiger charge is 2.30. The number of benzene rings is 2. The van der Waals surface area contributed by atoms with E-state index in [4.69, 9.17) is 0 Å². The van der Waals surface area contributed by atoms with E-state index in [-0.39, 0.29) is 5.56 Å². The first kappa shape index (κ1) is 25.2. The quantitative estimate of drug-likeness (QED) is 0.394. The molecule has 2 aliphatic carbocycles. The maximum absolute atomic E-state index is 13.8. The molecule has 0 saturated heterocycles. The fraction of sp³-hybridized carbons (Fsp3) is 0.452. The third-order valence-electron chi connectivity index (χ3n) is 8.23. The Morgan fingerprint density at radius 2 is 1.62 bits per heavy atom. The summed E-state index contributed by atoms with van der Waals surface area (Å²) in [6.07, 6.45) is 12.5. The van der Waals surface area contributed by atoms with Crippen molar-refractivity contribution < 1.29 is 14.7 Å². The van der Waals surface area contributed by atoms with Crippen LogP contribution in [0.3, 0.4) is 0 Å². The summed E-state index contributed by atoms with van der Waals surface area (Å²) in [5.41, 5.74) is 3.16. The van der Waals surface area contributed by atoms with Crippen LogP contribution in [0.15, 0.2) is 47.3 Å². The Kier molecular flexibility index (Phi) is 7.73. The first-order valence-corrected chi connectivity index (χ1v) is 13.8. The molecule has 0 aliphatic heterocycles. The van der Waals surface area contributed by atoms with Gasteiger partial charge in [-0.1, -0.05) is 87.4 Å². The number of aromatic nitrogens is 1. The van der Waals surface area contributed by atoms with Crippen LogP contribution < -0.4 is 10.9 Å². The number of pyridine rings is 1. The Bertz CT molecular complexity index is 1350. The minimum atomic E-state index is -1.26. The molecule has 1 aromatic heterocycles. The number of hydrogen-bond acceptors (Lipinski definition) is 3. The van der Waals surface area contributed by atoms with E-state index >= 15 is 0 Å². The zero-order valence-electron chi connectivity index (χ0n) is 21.4. The fourth-order valence-corrected chi connectivity index (χ4v) is 6.34. The van der Waals surface area contributed by atoms with Gasteiger partial charge in [-0.25, -0.2) is 4.79 Å². The number of carbonyl (C=O) groups is 2. The molecule has 1 fully saturated rings. The maximum atomic E-state index is 13.8. The van der Waals surface area contributed by atoms with Gasteiger partial charge in [0.1, 0.15) is 5.56 Å². The van der Waals surface area contributed by atoms with Gasteiger partial charge in [0.2, 0.25) is 0 Å². The lowest BCUT2D eigenvalue weighted by atomic mass is 9.81. The van der Waals surface area contributed by atoms with Gasteiger partial charge in [-0.2, -0.15) is 0 Å². The first-order valence-electron chi connectivity index (χ1n) is 13.8. The molecule has 1 amide bonds. The van der Waals surface area contributed by atoms with Gasteiger partial charge in [0.05, 0.1) is 0 Å². The molecule has 0 bridgehead atoms. The molecule has 194 valence electrons. The Hall–Kier alpha value is -3.41. The minimum Gasteiger partial charge on any atom is -0.479 e. The van der Waals surface area contributed by atoms with Crippen LogP contribution in [0.25, 0.3) is 10.8 Å². The molecule has 37 heavy (non-hydrogen) atoms. The second-order valence-electron chi connectivity index (χ2n) is 10.7. The fourth-order valence-electron chi connectivity index (χ4n) is 6.34. The Morgan fingerprint density at radius 1 is 0.919 bits per heavy atom. The number of rotatable bonds is 6. The number of amides is 1. The normalized spacial score (nSPS) is 17.4. The van der Waals surface area contributed by atoms with E-state index in [2.05, 4.69) is 10.3 Å². The summed E-state index contributed by atoms with van der Waals surface area (Å²) in [6, 6.07) is 11.7. The molecule has 0 radical (unpaired) electrons. The lowest BCUT2D eigenvalue weighted by molar-refractivity contribution is -0.139. The van der Waals surface area contributed by atoms with Gasteiger partial charge in [0.15, 0.2) is 6.04 Å². The number of aromatic amines is 1. The highest BCUT2D eigenvalue weighted by molar-refractivity contribution is 5.99. The third kappa shape index (κ3) is 5.48. The van der Waals surface area contributed by atoms with Crippen LogP contribution in [0.2, 0.25) is 0 Å². The van der Waals surface area contributed by atoms with Crippen molar-refractivity contribution in [2.75, 3.05) is 0 Å². The summed E-state index contributed by atoms with van der Waals surface area (Å²) in [5.74, 6) is -1.30. The molecule has 6 heteroatoms. The van der Waals surface area contributed by atoms with Gasteiger partial charge in [-0.15, -0.1) is 0 Å². The summed E-state index contributed by atoms with van der Waals surface area (Å²) < 4.78 is 0. The molecular weight excluding hydrogens is 464 g/mol. The van der Waals surface area contributed by atoms with E-state index in [0.29, 0.717) is 17.9 Å². The summed E-state index contributed by atoms with van der Waals surface area (Å²) in [4.78, 5) is 42.7. The molecule has 1 atom stereocenters. The zero-order chi connectivity index (χ0) is 25.8. The van der Waals surface area contributed by atoms with Crippen molar-refractivity contribution in [2.24, 2.45) is 5.92 Å². The van der Waals surface area contributed by atoms with Gasteiger partial charge < -0.3 is 15.4 Å².